The number of nitrogens with one attached hydrogen (secondary N) is 1. The molecule has 2 amide bonds. The van der Waals surface area contributed by atoms with E-state index in [9.17, 15) is 13.2 Å². The molecule has 1 aromatic rings. The van der Waals surface area contributed by atoms with E-state index < -0.39 is 9.84 Å². The van der Waals surface area contributed by atoms with Gasteiger partial charge in [0.1, 0.15) is 0 Å². The summed E-state index contributed by atoms with van der Waals surface area (Å²) in [6.45, 7) is 4.89. The van der Waals surface area contributed by atoms with Crippen molar-refractivity contribution < 1.29 is 13.2 Å². The third kappa shape index (κ3) is 4.17. The van der Waals surface area contributed by atoms with E-state index in [2.05, 4.69) is 31.3 Å². The van der Waals surface area contributed by atoms with Gasteiger partial charge in [-0.15, -0.1) is 0 Å². The molecule has 1 aliphatic heterocycles. The Morgan fingerprint density at radius 2 is 1.80 bits per heavy atom. The smallest absolute Gasteiger partial charge is 0.317 e. The molecule has 6 heteroatoms. The first kappa shape index (κ1) is 18.2. The number of urea groups is 1. The fourth-order valence-corrected chi connectivity index (χ4v) is 6.57. The van der Waals surface area contributed by atoms with E-state index in [4.69, 9.17) is 0 Å². The number of hydrogen-bond acceptors (Lipinski definition) is 3. The Kier molecular flexibility index (Phi) is 5.09. The topological polar surface area (TPSA) is 66.5 Å². The van der Waals surface area contributed by atoms with Gasteiger partial charge in [0.15, 0.2) is 9.84 Å². The van der Waals surface area contributed by atoms with Crippen molar-refractivity contribution in [2.24, 2.45) is 11.8 Å². The summed E-state index contributed by atoms with van der Waals surface area (Å²) in [5.74, 6) is 1.46. The van der Waals surface area contributed by atoms with E-state index in [1.807, 2.05) is 19.2 Å². The predicted octanol–water partition coefficient (Wildman–Crippen LogP) is 2.77. The Morgan fingerprint density at radius 1 is 1.20 bits per heavy atom. The van der Waals surface area contributed by atoms with Crippen molar-refractivity contribution in [2.75, 3.05) is 18.6 Å². The largest absolute Gasteiger partial charge is 0.335 e. The van der Waals surface area contributed by atoms with Crippen LogP contribution in [0.3, 0.4) is 0 Å². The molecule has 1 saturated carbocycles. The Bertz CT molecular complexity index is 725. The van der Waals surface area contributed by atoms with Crippen LogP contribution in [-0.2, 0) is 16.4 Å². The Morgan fingerprint density at radius 3 is 2.40 bits per heavy atom. The lowest BCUT2D eigenvalue weighted by Gasteiger charge is -2.23. The zero-order valence-corrected chi connectivity index (χ0v) is 16.1. The molecule has 2 aliphatic rings. The molecule has 0 spiro atoms. The number of carbonyl (C=O) groups excluding carboxylic acids is 1. The van der Waals surface area contributed by atoms with Crippen LogP contribution < -0.4 is 5.32 Å². The Hall–Kier alpha value is -1.56. The van der Waals surface area contributed by atoms with Crippen LogP contribution >= 0.6 is 0 Å². The van der Waals surface area contributed by atoms with Gasteiger partial charge >= 0.3 is 6.03 Å². The standard InChI is InChI=1S/C19H28N2O3S/c1-13(2)18-7-5-4-6-14(18)10-21(3)19(22)20-17-8-15-11-25(23,24)12-16(15)9-17/h4-7,13,15-17H,8-12H2,1-3H3,(H,20,22). The molecular formula is C19H28N2O3S. The number of sulfone groups is 1. The van der Waals surface area contributed by atoms with Crippen LogP contribution in [0.25, 0.3) is 0 Å². The molecule has 2 atom stereocenters. The summed E-state index contributed by atoms with van der Waals surface area (Å²) in [7, 11) is -1.04. The predicted molar refractivity (Wildman–Crippen MR) is 99.2 cm³/mol. The molecule has 138 valence electrons. The molecule has 1 aliphatic carbocycles. The molecule has 1 N–H and O–H groups in total. The quantitative estimate of drug-likeness (QED) is 0.893. The number of carbonyl (C=O) groups is 1. The lowest BCUT2D eigenvalue weighted by Crippen LogP contribution is -2.42. The molecule has 5 nitrogen and oxygen atoms in total. The van der Waals surface area contributed by atoms with E-state index in [1.165, 1.54) is 11.1 Å². The highest BCUT2D eigenvalue weighted by Gasteiger charge is 2.44. The van der Waals surface area contributed by atoms with Crippen LogP contribution in [0.1, 0.15) is 43.7 Å². The summed E-state index contributed by atoms with van der Waals surface area (Å²) < 4.78 is 23.4. The molecule has 0 aromatic heterocycles. The SMILES string of the molecule is CC(C)c1ccccc1CN(C)C(=O)NC1CC2CS(=O)(=O)CC2C1. The van der Waals surface area contributed by atoms with Crippen LogP contribution in [0.4, 0.5) is 4.79 Å². The van der Waals surface area contributed by atoms with E-state index in [-0.39, 0.29) is 23.9 Å². The van der Waals surface area contributed by atoms with Gasteiger partial charge in [-0.05, 0) is 41.7 Å². The summed E-state index contributed by atoms with van der Waals surface area (Å²) in [4.78, 5) is 14.2. The molecule has 1 saturated heterocycles. The molecule has 1 aromatic carbocycles. The minimum atomic E-state index is -2.85. The van der Waals surface area contributed by atoms with E-state index in [0.29, 0.717) is 24.0 Å². The third-order valence-corrected chi connectivity index (χ3v) is 7.41. The van der Waals surface area contributed by atoms with Gasteiger partial charge < -0.3 is 10.2 Å². The van der Waals surface area contributed by atoms with Crippen molar-refractivity contribution in [3.8, 4) is 0 Å². The highest BCUT2D eigenvalue weighted by Crippen LogP contribution is 2.39. The van der Waals surface area contributed by atoms with Crippen LogP contribution in [-0.4, -0.2) is 43.9 Å². The summed E-state index contributed by atoms with van der Waals surface area (Å²) in [6, 6.07) is 8.25. The van der Waals surface area contributed by atoms with Crippen molar-refractivity contribution >= 4 is 15.9 Å². The molecule has 2 fully saturated rings. The van der Waals surface area contributed by atoms with E-state index in [0.717, 1.165) is 12.8 Å². The number of fused-ring (bicyclic) bond motifs is 1. The van der Waals surface area contributed by atoms with Crippen molar-refractivity contribution in [1.29, 1.82) is 0 Å². The maximum atomic E-state index is 12.5. The summed E-state index contributed by atoms with van der Waals surface area (Å²) in [5.41, 5.74) is 2.44. The maximum absolute atomic E-state index is 12.5. The second-order valence-electron chi connectivity index (χ2n) is 7.92. The average molecular weight is 365 g/mol. The Labute approximate surface area is 150 Å². The van der Waals surface area contributed by atoms with Gasteiger partial charge in [0.2, 0.25) is 0 Å². The number of benzene rings is 1. The molecule has 2 unspecified atom stereocenters. The number of hydrogen-bond donors (Lipinski definition) is 1. The minimum Gasteiger partial charge on any atom is -0.335 e. The van der Waals surface area contributed by atoms with Crippen LogP contribution in [0, 0.1) is 11.8 Å². The van der Waals surface area contributed by atoms with Gasteiger partial charge in [-0.1, -0.05) is 38.1 Å². The third-order valence-electron chi connectivity index (χ3n) is 5.54. The van der Waals surface area contributed by atoms with Crippen molar-refractivity contribution in [2.45, 2.75) is 45.2 Å². The van der Waals surface area contributed by atoms with E-state index >= 15 is 0 Å². The number of nitrogens with zero attached hydrogens (tertiary/aromatic N) is 1. The first-order valence-corrected chi connectivity index (χ1v) is 10.9. The molecule has 3 rings (SSSR count). The summed E-state index contributed by atoms with van der Waals surface area (Å²) in [5, 5.41) is 3.10. The second-order valence-corrected chi connectivity index (χ2v) is 10.1. The van der Waals surface area contributed by atoms with Crippen molar-refractivity contribution in [1.82, 2.24) is 10.2 Å². The maximum Gasteiger partial charge on any atom is 0.317 e. The number of rotatable bonds is 4. The zero-order chi connectivity index (χ0) is 18.2. The molecular weight excluding hydrogens is 336 g/mol. The van der Waals surface area contributed by atoms with Crippen LogP contribution in [0.5, 0.6) is 0 Å². The normalized spacial score (nSPS) is 27.3. The van der Waals surface area contributed by atoms with E-state index in [1.54, 1.807) is 4.90 Å². The lowest BCUT2D eigenvalue weighted by molar-refractivity contribution is 0.202. The molecule has 1 heterocycles. The fraction of sp³-hybridized carbons (Fsp3) is 0.632. The van der Waals surface area contributed by atoms with Crippen molar-refractivity contribution in [3.63, 3.8) is 0 Å². The van der Waals surface area contributed by atoms with Crippen LogP contribution in [0.15, 0.2) is 24.3 Å². The Balaban J connectivity index is 1.56. The fourth-order valence-electron chi connectivity index (χ4n) is 4.31. The second kappa shape index (κ2) is 6.98. The summed E-state index contributed by atoms with van der Waals surface area (Å²) >= 11 is 0. The lowest BCUT2D eigenvalue weighted by atomic mass is 9.97. The van der Waals surface area contributed by atoms with Crippen LogP contribution in [0.2, 0.25) is 0 Å². The van der Waals surface area contributed by atoms with Gasteiger partial charge in [0.25, 0.3) is 0 Å². The van der Waals surface area contributed by atoms with Gasteiger partial charge in [0.05, 0.1) is 11.5 Å². The zero-order valence-electron chi connectivity index (χ0n) is 15.2. The number of amides is 2. The first-order chi connectivity index (χ1) is 11.7. The summed E-state index contributed by atoms with van der Waals surface area (Å²) in [6.07, 6.45) is 1.57. The molecule has 0 bridgehead atoms. The highest BCUT2D eigenvalue weighted by atomic mass is 32.2. The van der Waals surface area contributed by atoms with Gasteiger partial charge in [-0.2, -0.15) is 0 Å². The highest BCUT2D eigenvalue weighted by molar-refractivity contribution is 7.91. The van der Waals surface area contributed by atoms with Gasteiger partial charge in [0, 0.05) is 19.6 Å². The molecule has 25 heavy (non-hydrogen) atoms. The monoisotopic (exact) mass is 364 g/mol. The van der Waals surface area contributed by atoms with Crippen molar-refractivity contribution in [3.05, 3.63) is 35.4 Å². The van der Waals surface area contributed by atoms with Gasteiger partial charge in [-0.25, -0.2) is 13.2 Å². The minimum absolute atomic E-state index is 0.0774. The van der Waals surface area contributed by atoms with Gasteiger partial charge in [-0.3, -0.25) is 0 Å². The average Bonchev–Trinajstić information content (AvgIpc) is 2.99. The first-order valence-electron chi connectivity index (χ1n) is 9.05. The molecule has 0 radical (unpaired) electrons.